The summed E-state index contributed by atoms with van der Waals surface area (Å²) in [5, 5.41) is 6.57. The van der Waals surface area contributed by atoms with Gasteiger partial charge in [-0.25, -0.2) is 10.2 Å². The first-order valence-corrected chi connectivity index (χ1v) is 9.64. The van der Waals surface area contributed by atoms with Gasteiger partial charge in [0.1, 0.15) is 5.75 Å². The normalized spacial score (nSPS) is 10.5. The molecule has 0 fully saturated rings. The zero-order chi connectivity index (χ0) is 21.9. The number of nitrogens with one attached hydrogen (secondary N) is 2. The van der Waals surface area contributed by atoms with E-state index in [2.05, 4.69) is 15.8 Å². The molecule has 0 atom stereocenters. The maximum atomic E-state index is 12.0. The fourth-order valence-corrected chi connectivity index (χ4v) is 2.58. The largest absolute Gasteiger partial charge is 0.423 e. The van der Waals surface area contributed by atoms with Gasteiger partial charge in [0.2, 0.25) is 5.91 Å². The van der Waals surface area contributed by atoms with Crippen LogP contribution in [0.2, 0.25) is 0 Å². The molecule has 3 rings (SSSR count). The molecule has 0 radical (unpaired) electrons. The second-order valence-electron chi connectivity index (χ2n) is 6.49. The Morgan fingerprint density at radius 3 is 2.06 bits per heavy atom. The van der Waals surface area contributed by atoms with Gasteiger partial charge in [-0.15, -0.1) is 0 Å². The van der Waals surface area contributed by atoms with Crippen LogP contribution >= 0.6 is 0 Å². The van der Waals surface area contributed by atoms with Crippen LogP contribution in [0, 0.1) is 0 Å². The number of ether oxygens (including phenoxy) is 1. The van der Waals surface area contributed by atoms with Crippen LogP contribution in [0.25, 0.3) is 0 Å². The van der Waals surface area contributed by atoms with Gasteiger partial charge in [0, 0.05) is 18.5 Å². The van der Waals surface area contributed by atoms with Crippen LogP contribution in [-0.4, -0.2) is 30.5 Å². The first-order chi connectivity index (χ1) is 15.1. The second-order valence-corrected chi connectivity index (χ2v) is 6.49. The van der Waals surface area contributed by atoms with Gasteiger partial charge in [-0.05, 0) is 54.1 Å². The zero-order valence-corrected chi connectivity index (χ0v) is 16.7. The summed E-state index contributed by atoms with van der Waals surface area (Å²) in [6.45, 7) is 0.205. The molecule has 0 heterocycles. The molecule has 0 bridgehead atoms. The molecule has 2 N–H and O–H groups in total. The minimum absolute atomic E-state index is 0.101. The lowest BCUT2D eigenvalue weighted by Crippen LogP contribution is -2.28. The molecular weight excluding hydrogens is 394 g/mol. The van der Waals surface area contributed by atoms with Crippen molar-refractivity contribution in [3.05, 3.63) is 102 Å². The topological polar surface area (TPSA) is 96.9 Å². The van der Waals surface area contributed by atoms with Gasteiger partial charge >= 0.3 is 5.97 Å². The monoisotopic (exact) mass is 415 g/mol. The Hall–Kier alpha value is -4.26. The molecule has 0 unspecified atom stereocenters. The van der Waals surface area contributed by atoms with Crippen LogP contribution in [0.5, 0.6) is 5.75 Å². The highest BCUT2D eigenvalue weighted by Crippen LogP contribution is 2.13. The maximum Gasteiger partial charge on any atom is 0.343 e. The van der Waals surface area contributed by atoms with Gasteiger partial charge in [0.15, 0.2) is 0 Å². The van der Waals surface area contributed by atoms with E-state index in [4.69, 9.17) is 4.74 Å². The van der Waals surface area contributed by atoms with E-state index in [1.807, 2.05) is 12.1 Å². The van der Waals surface area contributed by atoms with Crippen LogP contribution in [0.1, 0.15) is 32.7 Å². The minimum Gasteiger partial charge on any atom is -0.423 e. The van der Waals surface area contributed by atoms with E-state index in [1.54, 1.807) is 72.8 Å². The van der Waals surface area contributed by atoms with Gasteiger partial charge < -0.3 is 10.1 Å². The molecule has 3 aromatic rings. The summed E-state index contributed by atoms with van der Waals surface area (Å²) in [4.78, 5) is 35.8. The third-order valence-electron chi connectivity index (χ3n) is 4.18. The molecule has 0 spiro atoms. The lowest BCUT2D eigenvalue weighted by molar-refractivity contribution is -0.120. The second kappa shape index (κ2) is 11.1. The standard InChI is InChI=1S/C24H21N3O4/c28-22(15-16-25-23(29)19-7-3-1-4-8-19)27-26-17-18-11-13-21(14-12-18)31-24(30)20-9-5-2-6-10-20/h1-14,17H,15-16H2,(H,25,29)(H,27,28)/b26-17+. The zero-order valence-electron chi connectivity index (χ0n) is 16.7. The molecule has 0 saturated carbocycles. The number of carbonyl (C=O) groups excluding carboxylic acids is 3. The summed E-state index contributed by atoms with van der Waals surface area (Å²) in [6, 6.07) is 24.2. The molecule has 0 saturated heterocycles. The summed E-state index contributed by atoms with van der Waals surface area (Å²) in [5.74, 6) is -0.583. The fraction of sp³-hybridized carbons (Fsp3) is 0.0833. The Bertz CT molecular complexity index is 1050. The molecule has 2 amide bonds. The van der Waals surface area contributed by atoms with E-state index in [1.165, 1.54) is 6.21 Å². The average molecular weight is 415 g/mol. The predicted molar refractivity (Wildman–Crippen MR) is 117 cm³/mol. The third-order valence-corrected chi connectivity index (χ3v) is 4.18. The summed E-state index contributed by atoms with van der Waals surface area (Å²) in [5.41, 5.74) is 4.14. The lowest BCUT2D eigenvalue weighted by Gasteiger charge is -2.05. The summed E-state index contributed by atoms with van der Waals surface area (Å²) in [6.07, 6.45) is 1.58. The predicted octanol–water partition coefficient (Wildman–Crippen LogP) is 3.18. The van der Waals surface area contributed by atoms with Crippen molar-refractivity contribution in [1.82, 2.24) is 10.7 Å². The average Bonchev–Trinajstić information content (AvgIpc) is 2.81. The molecule has 31 heavy (non-hydrogen) atoms. The van der Waals surface area contributed by atoms with Crippen molar-refractivity contribution in [2.75, 3.05) is 6.54 Å². The number of nitrogens with zero attached hydrogens (tertiary/aromatic N) is 1. The number of esters is 1. The Balaban J connectivity index is 1.39. The minimum atomic E-state index is -0.436. The van der Waals surface area contributed by atoms with Crippen LogP contribution in [0.4, 0.5) is 0 Å². The summed E-state index contributed by atoms with van der Waals surface area (Å²) < 4.78 is 5.31. The number of hydrazone groups is 1. The van der Waals surface area contributed by atoms with Gasteiger partial charge in [0.25, 0.3) is 5.91 Å². The molecule has 0 aliphatic rings. The highest BCUT2D eigenvalue weighted by atomic mass is 16.5. The van der Waals surface area contributed by atoms with Crippen LogP contribution < -0.4 is 15.5 Å². The first kappa shape index (κ1) is 21.4. The van der Waals surface area contributed by atoms with Crippen LogP contribution in [0.15, 0.2) is 90.0 Å². The Morgan fingerprint density at radius 1 is 0.806 bits per heavy atom. The molecular formula is C24H21N3O4. The quantitative estimate of drug-likeness (QED) is 0.256. The Labute approximate surface area is 179 Å². The van der Waals surface area contributed by atoms with E-state index in [-0.39, 0.29) is 24.8 Å². The smallest absolute Gasteiger partial charge is 0.343 e. The highest BCUT2D eigenvalue weighted by molar-refractivity contribution is 5.94. The highest BCUT2D eigenvalue weighted by Gasteiger charge is 2.07. The Morgan fingerprint density at radius 2 is 1.42 bits per heavy atom. The molecule has 0 aliphatic heterocycles. The summed E-state index contributed by atoms with van der Waals surface area (Å²) in [7, 11) is 0. The molecule has 156 valence electrons. The third kappa shape index (κ3) is 6.93. The van der Waals surface area contributed by atoms with Gasteiger partial charge in [-0.2, -0.15) is 5.10 Å². The van der Waals surface area contributed by atoms with Crippen molar-refractivity contribution in [3.63, 3.8) is 0 Å². The molecule has 3 aromatic carbocycles. The molecule has 0 aliphatic carbocycles. The van der Waals surface area contributed by atoms with Crippen molar-refractivity contribution in [3.8, 4) is 5.75 Å². The molecule has 7 heteroatoms. The first-order valence-electron chi connectivity index (χ1n) is 9.64. The number of amides is 2. The van der Waals surface area contributed by atoms with Gasteiger partial charge in [-0.1, -0.05) is 36.4 Å². The number of carbonyl (C=O) groups is 3. The SMILES string of the molecule is O=C(CCNC(=O)c1ccccc1)N/N=C/c1ccc(OC(=O)c2ccccc2)cc1. The van der Waals surface area contributed by atoms with Gasteiger partial charge in [0.05, 0.1) is 11.8 Å². The van der Waals surface area contributed by atoms with Crippen molar-refractivity contribution in [2.24, 2.45) is 5.10 Å². The van der Waals surface area contributed by atoms with Crippen molar-refractivity contribution in [1.29, 1.82) is 0 Å². The van der Waals surface area contributed by atoms with Crippen molar-refractivity contribution < 1.29 is 19.1 Å². The van der Waals surface area contributed by atoms with E-state index < -0.39 is 5.97 Å². The van der Waals surface area contributed by atoms with E-state index in [0.717, 1.165) is 5.56 Å². The van der Waals surface area contributed by atoms with Crippen molar-refractivity contribution >= 4 is 24.0 Å². The number of rotatable bonds is 8. The van der Waals surface area contributed by atoms with E-state index in [0.29, 0.717) is 16.9 Å². The fourth-order valence-electron chi connectivity index (χ4n) is 2.58. The Kier molecular flexibility index (Phi) is 7.65. The number of hydrogen-bond donors (Lipinski definition) is 2. The van der Waals surface area contributed by atoms with Crippen LogP contribution in [0.3, 0.4) is 0 Å². The molecule has 7 nitrogen and oxygen atoms in total. The number of hydrogen-bond acceptors (Lipinski definition) is 5. The molecule has 0 aromatic heterocycles. The lowest BCUT2D eigenvalue weighted by atomic mass is 10.2. The van der Waals surface area contributed by atoms with E-state index in [9.17, 15) is 14.4 Å². The van der Waals surface area contributed by atoms with Crippen LogP contribution in [-0.2, 0) is 4.79 Å². The number of benzene rings is 3. The van der Waals surface area contributed by atoms with E-state index >= 15 is 0 Å². The summed E-state index contributed by atoms with van der Waals surface area (Å²) >= 11 is 0. The maximum absolute atomic E-state index is 12.0. The van der Waals surface area contributed by atoms with Crippen molar-refractivity contribution in [2.45, 2.75) is 6.42 Å². The van der Waals surface area contributed by atoms with Gasteiger partial charge in [-0.3, -0.25) is 9.59 Å².